The summed E-state index contributed by atoms with van der Waals surface area (Å²) >= 11 is 0. The Hall–Kier alpha value is -1.36. The molecule has 0 aliphatic rings. The van der Waals surface area contributed by atoms with Gasteiger partial charge in [0, 0.05) is 13.0 Å². The maximum atomic E-state index is 11.4. The van der Waals surface area contributed by atoms with Crippen LogP contribution in [0.5, 0.6) is 0 Å². The van der Waals surface area contributed by atoms with Gasteiger partial charge in [-0.05, 0) is 13.8 Å². The van der Waals surface area contributed by atoms with E-state index in [0.29, 0.717) is 32.0 Å². The zero-order valence-corrected chi connectivity index (χ0v) is 8.99. The molecule has 0 fully saturated rings. The van der Waals surface area contributed by atoms with E-state index in [1.807, 2.05) is 6.92 Å². The highest BCUT2D eigenvalue weighted by atomic mass is 16.5. The number of carbonyl (C=O) groups excluding carboxylic acids is 1. The van der Waals surface area contributed by atoms with E-state index in [2.05, 4.69) is 4.98 Å². The van der Waals surface area contributed by atoms with Gasteiger partial charge in [0.25, 0.3) is 0 Å². The van der Waals surface area contributed by atoms with Gasteiger partial charge < -0.3 is 13.9 Å². The molecule has 0 radical (unpaired) electrons. The van der Waals surface area contributed by atoms with Gasteiger partial charge in [0.1, 0.15) is 5.76 Å². The Morgan fingerprint density at radius 1 is 1.47 bits per heavy atom. The second-order valence-corrected chi connectivity index (χ2v) is 2.79. The van der Waals surface area contributed by atoms with Crippen LogP contribution in [0.3, 0.4) is 0 Å². The fourth-order valence-electron chi connectivity index (χ4n) is 1.12. The molecule has 0 unspecified atom stereocenters. The molecule has 0 saturated heterocycles. The summed E-state index contributed by atoms with van der Waals surface area (Å²) in [6.45, 7) is 5.14. The number of oxazole rings is 1. The minimum atomic E-state index is -0.447. The molecule has 0 aliphatic carbocycles. The quantitative estimate of drug-likeness (QED) is 0.528. The van der Waals surface area contributed by atoms with Crippen LogP contribution in [0.4, 0.5) is 0 Å². The lowest BCUT2D eigenvalue weighted by atomic mass is 10.3. The molecule has 0 atom stereocenters. The fraction of sp³-hybridized carbons (Fsp3) is 0.600. The standard InChI is InChI=1S/C10H15NO4/c1-3-13-6-5-8-9(11-7-15-8)10(12)14-4-2/h7H,3-6H2,1-2H3. The van der Waals surface area contributed by atoms with Crippen molar-refractivity contribution in [1.82, 2.24) is 4.98 Å². The van der Waals surface area contributed by atoms with Crippen LogP contribution in [0.1, 0.15) is 30.1 Å². The molecule has 1 aromatic heterocycles. The van der Waals surface area contributed by atoms with E-state index >= 15 is 0 Å². The number of aromatic nitrogens is 1. The topological polar surface area (TPSA) is 61.6 Å². The van der Waals surface area contributed by atoms with Crippen molar-refractivity contribution in [3.63, 3.8) is 0 Å². The summed E-state index contributed by atoms with van der Waals surface area (Å²) in [5, 5.41) is 0. The van der Waals surface area contributed by atoms with E-state index in [-0.39, 0.29) is 5.69 Å². The maximum absolute atomic E-state index is 11.4. The monoisotopic (exact) mass is 213 g/mol. The highest BCUT2D eigenvalue weighted by molar-refractivity contribution is 5.88. The van der Waals surface area contributed by atoms with E-state index in [0.717, 1.165) is 0 Å². The van der Waals surface area contributed by atoms with Gasteiger partial charge in [-0.15, -0.1) is 0 Å². The summed E-state index contributed by atoms with van der Waals surface area (Å²) in [5.74, 6) is 0.0691. The average molecular weight is 213 g/mol. The summed E-state index contributed by atoms with van der Waals surface area (Å²) in [4.78, 5) is 15.2. The van der Waals surface area contributed by atoms with Gasteiger partial charge >= 0.3 is 5.97 Å². The Morgan fingerprint density at radius 3 is 2.93 bits per heavy atom. The highest BCUT2D eigenvalue weighted by Gasteiger charge is 2.17. The van der Waals surface area contributed by atoms with Crippen LogP contribution >= 0.6 is 0 Å². The van der Waals surface area contributed by atoms with Crippen LogP contribution in [-0.4, -0.2) is 30.8 Å². The molecule has 15 heavy (non-hydrogen) atoms. The minimum absolute atomic E-state index is 0.247. The minimum Gasteiger partial charge on any atom is -0.461 e. The molecule has 1 aromatic rings. The van der Waals surface area contributed by atoms with E-state index in [4.69, 9.17) is 13.9 Å². The predicted molar refractivity (Wildman–Crippen MR) is 52.7 cm³/mol. The molecule has 0 saturated carbocycles. The van der Waals surface area contributed by atoms with E-state index in [9.17, 15) is 4.79 Å². The van der Waals surface area contributed by atoms with Gasteiger partial charge in [-0.25, -0.2) is 9.78 Å². The first-order valence-electron chi connectivity index (χ1n) is 4.96. The van der Waals surface area contributed by atoms with Gasteiger partial charge in [0.2, 0.25) is 0 Å². The van der Waals surface area contributed by atoms with Crippen LogP contribution in [0.15, 0.2) is 10.8 Å². The van der Waals surface area contributed by atoms with Crippen molar-refractivity contribution in [2.45, 2.75) is 20.3 Å². The number of hydrogen-bond donors (Lipinski definition) is 0. The molecule has 5 nitrogen and oxygen atoms in total. The molecule has 0 amide bonds. The molecule has 1 rings (SSSR count). The van der Waals surface area contributed by atoms with Crippen LogP contribution in [-0.2, 0) is 15.9 Å². The van der Waals surface area contributed by atoms with Crippen molar-refractivity contribution < 1.29 is 18.7 Å². The average Bonchev–Trinajstić information content (AvgIpc) is 2.67. The zero-order valence-electron chi connectivity index (χ0n) is 8.99. The molecule has 0 bridgehead atoms. The van der Waals surface area contributed by atoms with Crippen molar-refractivity contribution in [2.24, 2.45) is 0 Å². The first-order chi connectivity index (χ1) is 7.29. The Kier molecular flexibility index (Phi) is 4.83. The second kappa shape index (κ2) is 6.19. The molecule has 0 aromatic carbocycles. The molecule has 0 aliphatic heterocycles. The van der Waals surface area contributed by atoms with Gasteiger partial charge in [-0.2, -0.15) is 0 Å². The van der Waals surface area contributed by atoms with Crippen molar-refractivity contribution in [3.05, 3.63) is 17.8 Å². The van der Waals surface area contributed by atoms with E-state index in [1.165, 1.54) is 6.39 Å². The number of esters is 1. The number of rotatable bonds is 6. The van der Waals surface area contributed by atoms with Crippen molar-refractivity contribution in [1.29, 1.82) is 0 Å². The third-order valence-electron chi connectivity index (χ3n) is 1.79. The molecule has 84 valence electrons. The summed E-state index contributed by atoms with van der Waals surface area (Å²) in [6.07, 6.45) is 1.77. The Bertz CT molecular complexity index is 308. The molecule has 5 heteroatoms. The number of carbonyl (C=O) groups is 1. The molecular weight excluding hydrogens is 198 g/mol. The summed E-state index contributed by atoms with van der Waals surface area (Å²) in [7, 11) is 0. The molecular formula is C10H15NO4. The summed E-state index contributed by atoms with van der Waals surface area (Å²) in [6, 6.07) is 0. The second-order valence-electron chi connectivity index (χ2n) is 2.79. The van der Waals surface area contributed by atoms with Gasteiger partial charge in [0.15, 0.2) is 12.1 Å². The van der Waals surface area contributed by atoms with Crippen LogP contribution in [0.25, 0.3) is 0 Å². The van der Waals surface area contributed by atoms with Gasteiger partial charge in [0.05, 0.1) is 13.2 Å². The number of ether oxygens (including phenoxy) is 2. The number of hydrogen-bond acceptors (Lipinski definition) is 5. The van der Waals surface area contributed by atoms with Crippen LogP contribution in [0.2, 0.25) is 0 Å². The predicted octanol–water partition coefficient (Wildman–Crippen LogP) is 1.43. The third kappa shape index (κ3) is 3.36. The Balaban J connectivity index is 2.56. The smallest absolute Gasteiger partial charge is 0.360 e. The lowest BCUT2D eigenvalue weighted by Gasteiger charge is -2.01. The highest BCUT2D eigenvalue weighted by Crippen LogP contribution is 2.09. The van der Waals surface area contributed by atoms with E-state index in [1.54, 1.807) is 6.92 Å². The van der Waals surface area contributed by atoms with Gasteiger partial charge in [-0.3, -0.25) is 0 Å². The maximum Gasteiger partial charge on any atom is 0.360 e. The molecule has 1 heterocycles. The van der Waals surface area contributed by atoms with Gasteiger partial charge in [-0.1, -0.05) is 0 Å². The van der Waals surface area contributed by atoms with Crippen molar-refractivity contribution >= 4 is 5.97 Å². The zero-order chi connectivity index (χ0) is 11.1. The van der Waals surface area contributed by atoms with Crippen LogP contribution < -0.4 is 0 Å². The lowest BCUT2D eigenvalue weighted by Crippen LogP contribution is -2.09. The first-order valence-corrected chi connectivity index (χ1v) is 4.96. The normalized spacial score (nSPS) is 10.3. The Morgan fingerprint density at radius 2 is 2.27 bits per heavy atom. The van der Waals surface area contributed by atoms with E-state index < -0.39 is 5.97 Å². The number of nitrogens with zero attached hydrogens (tertiary/aromatic N) is 1. The Labute approximate surface area is 88.4 Å². The fourth-order valence-corrected chi connectivity index (χ4v) is 1.12. The third-order valence-corrected chi connectivity index (χ3v) is 1.79. The SMILES string of the molecule is CCOCCc1ocnc1C(=O)OCC. The van der Waals surface area contributed by atoms with Crippen molar-refractivity contribution in [3.8, 4) is 0 Å². The first kappa shape index (κ1) is 11.7. The molecule has 0 spiro atoms. The van der Waals surface area contributed by atoms with Crippen molar-refractivity contribution in [2.75, 3.05) is 19.8 Å². The summed E-state index contributed by atoms with van der Waals surface area (Å²) < 4.78 is 15.1. The molecule has 0 N–H and O–H groups in total. The largest absolute Gasteiger partial charge is 0.461 e. The van der Waals surface area contributed by atoms with Crippen LogP contribution in [0, 0.1) is 0 Å². The summed E-state index contributed by atoms with van der Waals surface area (Å²) in [5.41, 5.74) is 0.247. The lowest BCUT2D eigenvalue weighted by molar-refractivity contribution is 0.0516.